The van der Waals surface area contributed by atoms with Crippen LogP contribution in [0.1, 0.15) is 46.8 Å². The zero-order valence-electron chi connectivity index (χ0n) is 11.5. The maximum absolute atomic E-state index is 6.39. The van der Waals surface area contributed by atoms with E-state index in [1.807, 2.05) is 19.1 Å². The van der Waals surface area contributed by atoms with Crippen LogP contribution in [0.5, 0.6) is 0 Å². The number of halogens is 2. The minimum atomic E-state index is 0.140. The number of alkyl halides is 1. The van der Waals surface area contributed by atoms with Gasteiger partial charge in [0.05, 0.1) is 4.83 Å². The Morgan fingerprint density at radius 2 is 1.53 bits per heavy atom. The van der Waals surface area contributed by atoms with Crippen LogP contribution in [-0.2, 0) is 0 Å². The lowest BCUT2D eigenvalue weighted by atomic mass is 9.98. The molecule has 0 saturated heterocycles. The molecule has 0 amide bonds. The Hall–Kier alpha value is -0.790. The quantitative estimate of drug-likeness (QED) is 0.580. The van der Waals surface area contributed by atoms with Crippen molar-refractivity contribution in [1.29, 1.82) is 0 Å². The molecule has 0 fully saturated rings. The molecule has 2 rings (SSSR count). The SMILES string of the molecule is Cc1cccc(C(Br)c2ccc(C(C)C)cc2)c1Cl. The minimum absolute atomic E-state index is 0.140. The zero-order valence-corrected chi connectivity index (χ0v) is 13.8. The largest absolute Gasteiger partial charge is 0.0837 e. The summed E-state index contributed by atoms with van der Waals surface area (Å²) >= 11 is 10.1. The van der Waals surface area contributed by atoms with Crippen molar-refractivity contribution in [2.24, 2.45) is 0 Å². The van der Waals surface area contributed by atoms with Gasteiger partial charge in [-0.15, -0.1) is 0 Å². The van der Waals surface area contributed by atoms with Gasteiger partial charge in [-0.3, -0.25) is 0 Å². The van der Waals surface area contributed by atoms with Gasteiger partial charge < -0.3 is 0 Å². The van der Waals surface area contributed by atoms with Crippen molar-refractivity contribution in [2.45, 2.75) is 31.5 Å². The highest BCUT2D eigenvalue weighted by Crippen LogP contribution is 2.36. The molecule has 2 aromatic rings. The Kier molecular flexibility index (Phi) is 4.70. The average Bonchev–Trinajstić information content (AvgIpc) is 2.41. The second-order valence-corrected chi connectivity index (χ2v) is 6.46. The Balaban J connectivity index is 2.33. The molecule has 0 nitrogen and oxygen atoms in total. The Labute approximate surface area is 128 Å². The van der Waals surface area contributed by atoms with Gasteiger partial charge in [-0.25, -0.2) is 0 Å². The highest BCUT2D eigenvalue weighted by molar-refractivity contribution is 9.09. The predicted molar refractivity (Wildman–Crippen MR) is 87.5 cm³/mol. The fourth-order valence-corrected chi connectivity index (χ4v) is 3.15. The molecule has 2 heteroatoms. The molecule has 0 bridgehead atoms. The van der Waals surface area contributed by atoms with E-state index < -0.39 is 0 Å². The van der Waals surface area contributed by atoms with Crippen LogP contribution in [0.3, 0.4) is 0 Å². The zero-order chi connectivity index (χ0) is 14.0. The van der Waals surface area contributed by atoms with Crippen LogP contribution >= 0.6 is 27.5 Å². The first-order valence-corrected chi connectivity index (χ1v) is 7.79. The number of benzene rings is 2. The summed E-state index contributed by atoms with van der Waals surface area (Å²) < 4.78 is 0. The fourth-order valence-electron chi connectivity index (χ4n) is 2.10. The standard InChI is InChI=1S/C17H18BrCl/c1-11(2)13-7-9-14(10-8-13)16(18)15-6-4-5-12(3)17(15)19/h4-11,16H,1-3H3. The topological polar surface area (TPSA) is 0 Å². The van der Waals surface area contributed by atoms with Gasteiger partial charge in [0, 0.05) is 5.02 Å². The summed E-state index contributed by atoms with van der Waals surface area (Å²) in [5, 5.41) is 0.845. The number of aryl methyl sites for hydroxylation is 1. The van der Waals surface area contributed by atoms with Crippen molar-refractivity contribution in [3.8, 4) is 0 Å². The van der Waals surface area contributed by atoms with E-state index in [4.69, 9.17) is 11.6 Å². The molecule has 0 aliphatic carbocycles. The van der Waals surface area contributed by atoms with Gasteiger partial charge in [0.25, 0.3) is 0 Å². The smallest absolute Gasteiger partial charge is 0.0659 e. The van der Waals surface area contributed by atoms with E-state index in [2.05, 4.69) is 60.1 Å². The average molecular weight is 338 g/mol. The van der Waals surface area contributed by atoms with Gasteiger partial charge in [0.1, 0.15) is 0 Å². The molecule has 0 saturated carbocycles. The molecular weight excluding hydrogens is 320 g/mol. The molecule has 100 valence electrons. The maximum Gasteiger partial charge on any atom is 0.0659 e. The van der Waals surface area contributed by atoms with E-state index in [9.17, 15) is 0 Å². The minimum Gasteiger partial charge on any atom is -0.0837 e. The molecule has 1 unspecified atom stereocenters. The Morgan fingerprint density at radius 1 is 0.947 bits per heavy atom. The molecule has 19 heavy (non-hydrogen) atoms. The van der Waals surface area contributed by atoms with E-state index >= 15 is 0 Å². The molecule has 0 spiro atoms. The third kappa shape index (κ3) is 3.21. The first-order valence-electron chi connectivity index (χ1n) is 6.49. The van der Waals surface area contributed by atoms with E-state index in [0.29, 0.717) is 5.92 Å². The first-order chi connectivity index (χ1) is 9.00. The maximum atomic E-state index is 6.39. The van der Waals surface area contributed by atoms with Crippen LogP contribution < -0.4 is 0 Å². The summed E-state index contributed by atoms with van der Waals surface area (Å²) in [7, 11) is 0. The Morgan fingerprint density at radius 3 is 2.11 bits per heavy atom. The second kappa shape index (κ2) is 6.11. The third-order valence-corrected chi connectivity index (χ3v) is 4.93. The van der Waals surface area contributed by atoms with Gasteiger partial charge >= 0.3 is 0 Å². The van der Waals surface area contributed by atoms with E-state index in [1.165, 1.54) is 11.1 Å². The lowest BCUT2D eigenvalue weighted by molar-refractivity contribution is 0.865. The van der Waals surface area contributed by atoms with Gasteiger partial charge in [0.2, 0.25) is 0 Å². The van der Waals surface area contributed by atoms with Crippen molar-refractivity contribution in [3.63, 3.8) is 0 Å². The Bertz CT molecular complexity index is 558. The van der Waals surface area contributed by atoms with Gasteiger partial charge in [-0.1, -0.05) is 83.8 Å². The molecule has 0 N–H and O–H groups in total. The number of rotatable bonds is 3. The highest BCUT2D eigenvalue weighted by Gasteiger charge is 2.14. The normalized spacial score (nSPS) is 12.7. The second-order valence-electron chi connectivity index (χ2n) is 5.16. The first kappa shape index (κ1) is 14.6. The van der Waals surface area contributed by atoms with Crippen LogP contribution in [0.2, 0.25) is 5.02 Å². The van der Waals surface area contributed by atoms with Crippen LogP contribution in [0, 0.1) is 6.92 Å². The summed E-state index contributed by atoms with van der Waals surface area (Å²) in [4.78, 5) is 0.140. The molecule has 2 aromatic carbocycles. The van der Waals surface area contributed by atoms with Crippen LogP contribution in [0.25, 0.3) is 0 Å². The number of hydrogen-bond acceptors (Lipinski definition) is 0. The van der Waals surface area contributed by atoms with E-state index in [-0.39, 0.29) is 4.83 Å². The lowest BCUT2D eigenvalue weighted by Gasteiger charge is -2.15. The summed E-state index contributed by atoms with van der Waals surface area (Å²) in [6.07, 6.45) is 0. The molecule has 0 heterocycles. The van der Waals surface area contributed by atoms with Crippen molar-refractivity contribution in [1.82, 2.24) is 0 Å². The van der Waals surface area contributed by atoms with Crippen LogP contribution in [0.4, 0.5) is 0 Å². The van der Waals surface area contributed by atoms with Crippen LogP contribution in [0.15, 0.2) is 42.5 Å². The molecule has 0 radical (unpaired) electrons. The lowest BCUT2D eigenvalue weighted by Crippen LogP contribution is -1.96. The van der Waals surface area contributed by atoms with Crippen molar-refractivity contribution >= 4 is 27.5 Å². The summed E-state index contributed by atoms with van der Waals surface area (Å²) in [6.45, 7) is 6.45. The van der Waals surface area contributed by atoms with Crippen LogP contribution in [-0.4, -0.2) is 0 Å². The van der Waals surface area contributed by atoms with E-state index in [0.717, 1.165) is 16.1 Å². The summed E-state index contributed by atoms with van der Waals surface area (Å²) in [5.74, 6) is 0.561. The van der Waals surface area contributed by atoms with Gasteiger partial charge in [-0.05, 0) is 35.1 Å². The molecule has 0 aliphatic rings. The van der Waals surface area contributed by atoms with Gasteiger partial charge in [0.15, 0.2) is 0 Å². The fraction of sp³-hybridized carbons (Fsp3) is 0.294. The van der Waals surface area contributed by atoms with Crippen molar-refractivity contribution in [3.05, 3.63) is 69.7 Å². The molecule has 0 aromatic heterocycles. The monoisotopic (exact) mass is 336 g/mol. The van der Waals surface area contributed by atoms with E-state index in [1.54, 1.807) is 0 Å². The van der Waals surface area contributed by atoms with Crippen molar-refractivity contribution < 1.29 is 0 Å². The summed E-state index contributed by atoms with van der Waals surface area (Å²) in [6, 6.07) is 14.9. The molecule has 0 aliphatic heterocycles. The van der Waals surface area contributed by atoms with Crippen molar-refractivity contribution in [2.75, 3.05) is 0 Å². The number of hydrogen-bond donors (Lipinski definition) is 0. The van der Waals surface area contributed by atoms with Gasteiger partial charge in [-0.2, -0.15) is 0 Å². The molecular formula is C17H18BrCl. The summed E-state index contributed by atoms with van der Waals surface area (Å²) in [5.41, 5.74) is 4.83. The predicted octanol–water partition coefficient (Wildman–Crippen LogP) is 6.26. The molecule has 1 atom stereocenters. The third-order valence-electron chi connectivity index (χ3n) is 3.39. The highest BCUT2D eigenvalue weighted by atomic mass is 79.9.